The number of hydrogen-bond acceptors (Lipinski definition) is 6. The molecule has 1 aromatic rings. The third-order valence-electron chi connectivity index (χ3n) is 2.57. The molecule has 0 aliphatic rings. The predicted molar refractivity (Wildman–Crippen MR) is 104 cm³/mol. The molecular formula is C17H25N3O2S2. The summed E-state index contributed by atoms with van der Waals surface area (Å²) in [6, 6.07) is 8.92. The molecule has 0 aromatic heterocycles. The van der Waals surface area contributed by atoms with Crippen molar-refractivity contribution in [3.63, 3.8) is 0 Å². The fourth-order valence-corrected chi connectivity index (χ4v) is 2.69. The molecule has 0 atom stereocenters. The second kappa shape index (κ2) is 9.13. The normalized spacial score (nSPS) is 12.2. The number of hydrogen-bond donors (Lipinski definition) is 1. The average molecular weight is 368 g/mol. The van der Waals surface area contributed by atoms with Crippen molar-refractivity contribution >= 4 is 34.3 Å². The molecular weight excluding hydrogens is 342 g/mol. The van der Waals surface area contributed by atoms with Gasteiger partial charge in [-0.25, -0.2) is 4.79 Å². The van der Waals surface area contributed by atoms with Gasteiger partial charge in [-0.3, -0.25) is 0 Å². The van der Waals surface area contributed by atoms with Gasteiger partial charge in [0.1, 0.15) is 16.6 Å². The molecule has 0 aliphatic carbocycles. The van der Waals surface area contributed by atoms with Gasteiger partial charge in [-0.05, 0) is 46.8 Å². The van der Waals surface area contributed by atoms with Crippen LogP contribution in [0.15, 0.2) is 40.6 Å². The highest BCUT2D eigenvalue weighted by molar-refractivity contribution is 8.22. The number of benzene rings is 1. The Hall–Kier alpha value is -1.47. The fourth-order valence-electron chi connectivity index (χ4n) is 1.51. The van der Waals surface area contributed by atoms with E-state index >= 15 is 0 Å². The average Bonchev–Trinajstić information content (AvgIpc) is 2.49. The van der Waals surface area contributed by atoms with Gasteiger partial charge in [0.15, 0.2) is 0 Å². The lowest BCUT2D eigenvalue weighted by atomic mass is 10.1. The van der Waals surface area contributed by atoms with Crippen LogP contribution in [-0.4, -0.2) is 33.9 Å². The van der Waals surface area contributed by atoms with Crippen molar-refractivity contribution in [1.82, 2.24) is 5.32 Å². The molecule has 0 unspecified atom stereocenters. The molecule has 0 radical (unpaired) electrons. The van der Waals surface area contributed by atoms with Crippen LogP contribution < -0.4 is 5.32 Å². The van der Waals surface area contributed by atoms with Crippen LogP contribution >= 0.6 is 24.0 Å². The van der Waals surface area contributed by atoms with Gasteiger partial charge in [-0.15, -0.1) is 0 Å². The minimum Gasteiger partial charge on any atom is -0.461 e. The van der Waals surface area contributed by atoms with Crippen LogP contribution in [0, 0.1) is 0 Å². The van der Waals surface area contributed by atoms with Crippen LogP contribution in [0.1, 0.15) is 45.0 Å². The molecule has 0 fully saturated rings. The molecule has 0 heterocycles. The van der Waals surface area contributed by atoms with E-state index in [0.717, 1.165) is 0 Å². The molecule has 24 heavy (non-hydrogen) atoms. The summed E-state index contributed by atoms with van der Waals surface area (Å²) in [5.41, 5.74) is -0.246. The quantitative estimate of drug-likeness (QED) is 0.349. The molecule has 0 amide bonds. The van der Waals surface area contributed by atoms with Crippen molar-refractivity contribution in [3.05, 3.63) is 35.9 Å². The lowest BCUT2D eigenvalue weighted by Crippen LogP contribution is -2.40. The predicted octanol–water partition coefficient (Wildman–Crippen LogP) is 4.44. The Bertz CT molecular complexity index is 581. The number of azo groups is 1. The van der Waals surface area contributed by atoms with Crippen LogP contribution in [0.3, 0.4) is 0 Å². The summed E-state index contributed by atoms with van der Waals surface area (Å²) in [5, 5.41) is 11.7. The molecule has 1 aromatic carbocycles. The largest absolute Gasteiger partial charge is 0.461 e. The lowest BCUT2D eigenvalue weighted by molar-refractivity contribution is 0.0530. The van der Waals surface area contributed by atoms with Crippen molar-refractivity contribution in [1.29, 1.82) is 0 Å². The van der Waals surface area contributed by atoms with Gasteiger partial charge in [0.25, 0.3) is 0 Å². The zero-order valence-corrected chi connectivity index (χ0v) is 16.5. The SMILES string of the molecule is CC(C)(C)N=NC(C)(C)NC(=S)SCCOC(=O)c1ccccc1. The van der Waals surface area contributed by atoms with Gasteiger partial charge in [0, 0.05) is 5.75 Å². The van der Waals surface area contributed by atoms with E-state index in [2.05, 4.69) is 15.5 Å². The summed E-state index contributed by atoms with van der Waals surface area (Å²) in [6.45, 7) is 10.1. The molecule has 132 valence electrons. The number of carbonyl (C=O) groups excluding carboxylic acids is 1. The van der Waals surface area contributed by atoms with Crippen LogP contribution in [0.4, 0.5) is 0 Å². The Labute approximate surface area is 153 Å². The number of thiocarbonyl (C=S) groups is 1. The Morgan fingerprint density at radius 2 is 1.79 bits per heavy atom. The summed E-state index contributed by atoms with van der Waals surface area (Å²) in [4.78, 5) is 11.8. The third-order valence-corrected chi connectivity index (χ3v) is 3.76. The smallest absolute Gasteiger partial charge is 0.338 e. The van der Waals surface area contributed by atoms with Crippen LogP contribution in [0.2, 0.25) is 0 Å². The molecule has 0 saturated heterocycles. The number of nitrogens with zero attached hydrogens (tertiary/aromatic N) is 2. The zero-order chi connectivity index (χ0) is 18.2. The summed E-state index contributed by atoms with van der Waals surface area (Å²) in [6.07, 6.45) is 0. The van der Waals surface area contributed by atoms with Crippen molar-refractivity contribution < 1.29 is 9.53 Å². The van der Waals surface area contributed by atoms with E-state index in [0.29, 0.717) is 22.2 Å². The molecule has 0 spiro atoms. The molecule has 1 rings (SSSR count). The van der Waals surface area contributed by atoms with E-state index in [-0.39, 0.29) is 11.5 Å². The minimum absolute atomic E-state index is 0.223. The van der Waals surface area contributed by atoms with Crippen molar-refractivity contribution in [2.75, 3.05) is 12.4 Å². The van der Waals surface area contributed by atoms with E-state index in [4.69, 9.17) is 17.0 Å². The van der Waals surface area contributed by atoms with Crippen molar-refractivity contribution in [3.8, 4) is 0 Å². The van der Waals surface area contributed by atoms with E-state index < -0.39 is 5.66 Å². The van der Waals surface area contributed by atoms with Crippen molar-refractivity contribution in [2.45, 2.75) is 45.8 Å². The summed E-state index contributed by atoms with van der Waals surface area (Å²) < 4.78 is 5.81. The molecule has 1 N–H and O–H groups in total. The maximum atomic E-state index is 11.8. The third kappa shape index (κ3) is 8.98. The van der Waals surface area contributed by atoms with Crippen molar-refractivity contribution in [2.24, 2.45) is 10.2 Å². The second-order valence-corrected chi connectivity index (χ2v) is 8.46. The number of ether oxygens (including phenoxy) is 1. The van der Waals surface area contributed by atoms with Gasteiger partial charge < -0.3 is 10.1 Å². The Morgan fingerprint density at radius 1 is 1.17 bits per heavy atom. The first-order valence-electron chi connectivity index (χ1n) is 7.70. The zero-order valence-electron chi connectivity index (χ0n) is 14.8. The maximum Gasteiger partial charge on any atom is 0.338 e. The minimum atomic E-state index is -0.571. The first-order chi connectivity index (χ1) is 11.1. The van der Waals surface area contributed by atoms with Crippen LogP contribution in [-0.2, 0) is 4.74 Å². The lowest BCUT2D eigenvalue weighted by Gasteiger charge is -2.23. The highest BCUT2D eigenvalue weighted by Crippen LogP contribution is 2.15. The van der Waals surface area contributed by atoms with Gasteiger partial charge in [0.2, 0.25) is 0 Å². The Morgan fingerprint density at radius 3 is 2.38 bits per heavy atom. The fraction of sp³-hybridized carbons (Fsp3) is 0.529. The molecule has 7 heteroatoms. The van der Waals surface area contributed by atoms with Gasteiger partial charge >= 0.3 is 5.97 Å². The standard InChI is InChI=1S/C17H25N3O2S2/c1-16(2,3)19-20-17(4,5)18-15(23)24-12-11-22-14(21)13-9-7-6-8-10-13/h6-10H,11-12H2,1-5H3,(H,18,23). The topological polar surface area (TPSA) is 63.1 Å². The first kappa shape index (κ1) is 20.6. The van der Waals surface area contributed by atoms with E-state index in [9.17, 15) is 4.79 Å². The summed E-state index contributed by atoms with van der Waals surface area (Å²) >= 11 is 6.71. The van der Waals surface area contributed by atoms with E-state index in [1.165, 1.54) is 11.8 Å². The van der Waals surface area contributed by atoms with Gasteiger partial charge in [-0.2, -0.15) is 10.2 Å². The van der Waals surface area contributed by atoms with E-state index in [1.54, 1.807) is 24.3 Å². The van der Waals surface area contributed by atoms with Gasteiger partial charge in [-0.1, -0.05) is 42.2 Å². The summed E-state index contributed by atoms with van der Waals surface area (Å²) in [5.74, 6) is 0.256. The molecule has 0 aliphatic heterocycles. The van der Waals surface area contributed by atoms with Gasteiger partial charge in [0.05, 0.1) is 11.1 Å². The number of esters is 1. The van der Waals surface area contributed by atoms with Crippen LogP contribution in [0.25, 0.3) is 0 Å². The van der Waals surface area contributed by atoms with E-state index in [1.807, 2.05) is 40.7 Å². The Balaban J connectivity index is 2.31. The number of thioether (sulfide) groups is 1. The number of carbonyl (C=O) groups is 1. The number of rotatable bonds is 6. The molecule has 0 saturated carbocycles. The first-order valence-corrected chi connectivity index (χ1v) is 9.10. The monoisotopic (exact) mass is 367 g/mol. The van der Waals surface area contributed by atoms with Crippen LogP contribution in [0.5, 0.6) is 0 Å². The number of nitrogens with one attached hydrogen (secondary N) is 1. The highest BCUT2D eigenvalue weighted by atomic mass is 32.2. The Kier molecular flexibility index (Phi) is 7.83. The second-order valence-electron chi connectivity index (χ2n) is 6.69. The molecule has 0 bridgehead atoms. The maximum absolute atomic E-state index is 11.8. The summed E-state index contributed by atoms with van der Waals surface area (Å²) in [7, 11) is 0. The highest BCUT2D eigenvalue weighted by Gasteiger charge is 2.19. The molecule has 5 nitrogen and oxygen atoms in total.